The maximum Gasteiger partial charge on any atom is 0.114 e. The summed E-state index contributed by atoms with van der Waals surface area (Å²) in [6.07, 6.45) is 1.75. The highest BCUT2D eigenvalue weighted by Crippen LogP contribution is 2.20. The Labute approximate surface area is 111 Å². The van der Waals surface area contributed by atoms with Crippen LogP contribution in [0.2, 0.25) is 0 Å². The summed E-state index contributed by atoms with van der Waals surface area (Å²) in [5.41, 5.74) is 0.511. The van der Waals surface area contributed by atoms with E-state index in [1.807, 2.05) is 18.2 Å². The topological polar surface area (TPSA) is 50.9 Å². The standard InChI is InChI=1S/C15H15N3O/c1-15(2,19)14-10-18(17-16-14)13-8-7-11-5-3-4-6-12(11)9-13/h3-10,19H,1-2H3. The van der Waals surface area contributed by atoms with Crippen molar-refractivity contribution in [2.45, 2.75) is 19.4 Å². The Morgan fingerprint density at radius 3 is 2.47 bits per heavy atom. The lowest BCUT2D eigenvalue weighted by Gasteiger charge is -2.11. The second-order valence-electron chi connectivity index (χ2n) is 5.14. The van der Waals surface area contributed by atoms with Crippen LogP contribution in [0.15, 0.2) is 48.7 Å². The molecule has 0 radical (unpaired) electrons. The summed E-state index contributed by atoms with van der Waals surface area (Å²) in [5, 5.41) is 20.3. The molecule has 3 aromatic rings. The molecule has 96 valence electrons. The van der Waals surface area contributed by atoms with Crippen LogP contribution in [-0.4, -0.2) is 20.1 Å². The lowest BCUT2D eigenvalue weighted by Crippen LogP contribution is -2.15. The van der Waals surface area contributed by atoms with Gasteiger partial charge in [0, 0.05) is 0 Å². The van der Waals surface area contributed by atoms with Gasteiger partial charge in [0.25, 0.3) is 0 Å². The van der Waals surface area contributed by atoms with Gasteiger partial charge in [0.1, 0.15) is 11.3 Å². The average molecular weight is 253 g/mol. The number of fused-ring (bicyclic) bond motifs is 1. The normalized spacial score (nSPS) is 11.9. The molecule has 1 aromatic heterocycles. The van der Waals surface area contributed by atoms with Gasteiger partial charge in [0.15, 0.2) is 0 Å². The summed E-state index contributed by atoms with van der Waals surface area (Å²) in [7, 11) is 0. The van der Waals surface area contributed by atoms with E-state index >= 15 is 0 Å². The van der Waals surface area contributed by atoms with Gasteiger partial charge < -0.3 is 5.11 Å². The zero-order valence-electron chi connectivity index (χ0n) is 10.9. The molecular formula is C15H15N3O. The molecule has 3 rings (SSSR count). The molecule has 0 bridgehead atoms. The zero-order valence-corrected chi connectivity index (χ0v) is 10.9. The first kappa shape index (κ1) is 11.9. The van der Waals surface area contributed by atoms with Crippen LogP contribution >= 0.6 is 0 Å². The van der Waals surface area contributed by atoms with Crippen LogP contribution in [0, 0.1) is 0 Å². The van der Waals surface area contributed by atoms with Gasteiger partial charge >= 0.3 is 0 Å². The van der Waals surface area contributed by atoms with Crippen LogP contribution in [0.5, 0.6) is 0 Å². The minimum absolute atomic E-state index is 0.556. The van der Waals surface area contributed by atoms with Gasteiger partial charge in [-0.2, -0.15) is 0 Å². The number of hydrogen-bond donors (Lipinski definition) is 1. The highest BCUT2D eigenvalue weighted by Gasteiger charge is 2.20. The Morgan fingerprint density at radius 1 is 1.05 bits per heavy atom. The molecule has 0 fully saturated rings. The summed E-state index contributed by atoms with van der Waals surface area (Å²) < 4.78 is 1.68. The summed E-state index contributed by atoms with van der Waals surface area (Å²) in [6.45, 7) is 3.39. The molecule has 1 N–H and O–H groups in total. The second-order valence-corrected chi connectivity index (χ2v) is 5.14. The molecule has 0 amide bonds. The fourth-order valence-electron chi connectivity index (χ4n) is 1.99. The van der Waals surface area contributed by atoms with E-state index in [1.54, 1.807) is 24.7 Å². The van der Waals surface area contributed by atoms with Crippen molar-refractivity contribution in [1.29, 1.82) is 0 Å². The third-order valence-corrected chi connectivity index (χ3v) is 3.12. The van der Waals surface area contributed by atoms with E-state index < -0.39 is 5.60 Å². The third-order valence-electron chi connectivity index (χ3n) is 3.12. The van der Waals surface area contributed by atoms with Gasteiger partial charge in [-0.3, -0.25) is 0 Å². The van der Waals surface area contributed by atoms with Crippen molar-refractivity contribution in [2.75, 3.05) is 0 Å². The van der Waals surface area contributed by atoms with Crippen molar-refractivity contribution >= 4 is 10.8 Å². The number of benzene rings is 2. The largest absolute Gasteiger partial charge is 0.384 e. The molecule has 0 aliphatic rings. The first-order valence-electron chi connectivity index (χ1n) is 6.18. The minimum atomic E-state index is -0.977. The summed E-state index contributed by atoms with van der Waals surface area (Å²) in [4.78, 5) is 0. The number of rotatable bonds is 2. The van der Waals surface area contributed by atoms with Crippen LogP contribution < -0.4 is 0 Å². The molecule has 0 saturated carbocycles. The molecule has 19 heavy (non-hydrogen) atoms. The van der Waals surface area contributed by atoms with E-state index in [1.165, 1.54) is 5.39 Å². The molecule has 0 saturated heterocycles. The highest BCUT2D eigenvalue weighted by molar-refractivity contribution is 5.84. The van der Waals surface area contributed by atoms with Gasteiger partial charge in [-0.25, -0.2) is 4.68 Å². The minimum Gasteiger partial charge on any atom is -0.384 e. The summed E-state index contributed by atoms with van der Waals surface area (Å²) in [6, 6.07) is 14.3. The fourth-order valence-corrected chi connectivity index (χ4v) is 1.99. The smallest absolute Gasteiger partial charge is 0.114 e. The van der Waals surface area contributed by atoms with Crippen molar-refractivity contribution in [3.63, 3.8) is 0 Å². The quantitative estimate of drug-likeness (QED) is 0.764. The van der Waals surface area contributed by atoms with Gasteiger partial charge in [0.2, 0.25) is 0 Å². The zero-order chi connectivity index (χ0) is 13.5. The highest BCUT2D eigenvalue weighted by atomic mass is 16.3. The van der Waals surface area contributed by atoms with E-state index in [-0.39, 0.29) is 0 Å². The summed E-state index contributed by atoms with van der Waals surface area (Å²) in [5.74, 6) is 0. The molecule has 2 aromatic carbocycles. The van der Waals surface area contributed by atoms with Crippen LogP contribution in [0.4, 0.5) is 0 Å². The SMILES string of the molecule is CC(C)(O)c1cn(-c2ccc3ccccc3c2)nn1. The van der Waals surface area contributed by atoms with Crippen LogP contribution in [-0.2, 0) is 5.60 Å². The monoisotopic (exact) mass is 253 g/mol. The van der Waals surface area contributed by atoms with E-state index in [0.29, 0.717) is 5.69 Å². The first-order valence-corrected chi connectivity index (χ1v) is 6.18. The van der Waals surface area contributed by atoms with Crippen LogP contribution in [0.3, 0.4) is 0 Å². The number of nitrogens with zero attached hydrogens (tertiary/aromatic N) is 3. The maximum atomic E-state index is 9.91. The van der Waals surface area contributed by atoms with E-state index in [9.17, 15) is 5.11 Å². The molecule has 4 heteroatoms. The maximum absolute atomic E-state index is 9.91. The predicted molar refractivity (Wildman–Crippen MR) is 74.1 cm³/mol. The van der Waals surface area contributed by atoms with Crippen LogP contribution in [0.25, 0.3) is 16.5 Å². The van der Waals surface area contributed by atoms with E-state index in [4.69, 9.17) is 0 Å². The van der Waals surface area contributed by atoms with E-state index in [0.717, 1.165) is 11.1 Å². The Hall–Kier alpha value is -2.20. The molecule has 0 unspecified atom stereocenters. The van der Waals surface area contributed by atoms with Gasteiger partial charge in [-0.1, -0.05) is 35.5 Å². The molecule has 4 nitrogen and oxygen atoms in total. The molecular weight excluding hydrogens is 238 g/mol. The van der Waals surface area contributed by atoms with Crippen LogP contribution in [0.1, 0.15) is 19.5 Å². The predicted octanol–water partition coefficient (Wildman–Crippen LogP) is 2.65. The van der Waals surface area contributed by atoms with Crippen molar-refractivity contribution in [3.05, 3.63) is 54.4 Å². The van der Waals surface area contributed by atoms with Crippen molar-refractivity contribution in [2.24, 2.45) is 0 Å². The first-order chi connectivity index (χ1) is 9.04. The van der Waals surface area contributed by atoms with E-state index in [2.05, 4.69) is 34.6 Å². The molecule has 0 spiro atoms. The number of aliphatic hydroxyl groups is 1. The third kappa shape index (κ3) is 2.22. The average Bonchev–Trinajstić information content (AvgIpc) is 2.87. The Kier molecular flexibility index (Phi) is 2.61. The van der Waals surface area contributed by atoms with Gasteiger partial charge in [0.05, 0.1) is 11.9 Å². The van der Waals surface area contributed by atoms with Gasteiger partial charge in [-0.15, -0.1) is 5.10 Å². The molecule has 0 atom stereocenters. The lowest BCUT2D eigenvalue weighted by atomic mass is 10.1. The molecule has 0 aliphatic heterocycles. The van der Waals surface area contributed by atoms with Crippen molar-refractivity contribution in [1.82, 2.24) is 15.0 Å². The second kappa shape index (κ2) is 4.17. The molecule has 0 aliphatic carbocycles. The summed E-state index contributed by atoms with van der Waals surface area (Å²) >= 11 is 0. The Bertz CT molecular complexity index is 725. The lowest BCUT2D eigenvalue weighted by molar-refractivity contribution is 0.0737. The van der Waals surface area contributed by atoms with Crippen molar-refractivity contribution in [3.8, 4) is 5.69 Å². The van der Waals surface area contributed by atoms with Crippen molar-refractivity contribution < 1.29 is 5.11 Å². The Morgan fingerprint density at radius 2 is 1.79 bits per heavy atom. The number of aromatic nitrogens is 3. The molecule has 1 heterocycles. The number of hydrogen-bond acceptors (Lipinski definition) is 3. The fraction of sp³-hybridized carbons (Fsp3) is 0.200. The van der Waals surface area contributed by atoms with Gasteiger partial charge in [-0.05, 0) is 36.8 Å². The Balaban J connectivity index is 2.07.